The number of rotatable bonds is 4. The Bertz CT molecular complexity index is 370. The second kappa shape index (κ2) is 8.36. The number of ether oxygens (including phenoxy) is 1. The first-order valence-electron chi connectivity index (χ1n) is 9.61. The number of hydrogen-bond acceptors (Lipinski definition) is 3. The SMILES string of the molecule is CCC1CCC(NC2CCCC(NC(=O)OC(C)(C)C)C2)CC1. The van der Waals surface area contributed by atoms with Crippen LogP contribution in [0.5, 0.6) is 0 Å². The van der Waals surface area contributed by atoms with E-state index < -0.39 is 5.60 Å². The molecule has 134 valence electrons. The summed E-state index contributed by atoms with van der Waals surface area (Å²) in [6.45, 7) is 8.03. The van der Waals surface area contributed by atoms with E-state index >= 15 is 0 Å². The van der Waals surface area contributed by atoms with Gasteiger partial charge in [-0.25, -0.2) is 4.79 Å². The number of nitrogens with one attached hydrogen (secondary N) is 2. The molecule has 2 fully saturated rings. The summed E-state index contributed by atoms with van der Waals surface area (Å²) in [5.74, 6) is 0.945. The Morgan fingerprint density at radius 2 is 1.65 bits per heavy atom. The standard InChI is InChI=1S/C19H36N2O2/c1-5-14-9-11-15(12-10-14)20-16-7-6-8-17(13-16)21-18(22)23-19(2,3)4/h14-17,20H,5-13H2,1-4H3,(H,21,22). The zero-order chi connectivity index (χ0) is 16.9. The van der Waals surface area contributed by atoms with Crippen molar-refractivity contribution in [3.05, 3.63) is 0 Å². The number of carbonyl (C=O) groups is 1. The van der Waals surface area contributed by atoms with Gasteiger partial charge in [-0.1, -0.05) is 13.3 Å². The van der Waals surface area contributed by atoms with Crippen molar-refractivity contribution in [3.8, 4) is 0 Å². The average molecular weight is 325 g/mol. The number of hydrogen-bond donors (Lipinski definition) is 2. The maximum atomic E-state index is 11.9. The monoisotopic (exact) mass is 324 g/mol. The predicted molar refractivity (Wildman–Crippen MR) is 94.6 cm³/mol. The van der Waals surface area contributed by atoms with E-state index in [0.717, 1.165) is 18.8 Å². The van der Waals surface area contributed by atoms with E-state index in [2.05, 4.69) is 17.6 Å². The fraction of sp³-hybridized carbons (Fsp3) is 0.947. The number of carbonyl (C=O) groups excluding carboxylic acids is 1. The fourth-order valence-electron chi connectivity index (χ4n) is 4.02. The second-order valence-corrected chi connectivity index (χ2v) is 8.50. The summed E-state index contributed by atoms with van der Waals surface area (Å²) in [6.07, 6.45) is 11.0. The highest BCUT2D eigenvalue weighted by atomic mass is 16.6. The molecule has 1 amide bonds. The van der Waals surface area contributed by atoms with E-state index in [1.165, 1.54) is 44.9 Å². The highest BCUT2D eigenvalue weighted by Gasteiger charge is 2.28. The van der Waals surface area contributed by atoms with Crippen LogP contribution in [0, 0.1) is 5.92 Å². The quantitative estimate of drug-likeness (QED) is 0.807. The van der Waals surface area contributed by atoms with Gasteiger partial charge in [0.2, 0.25) is 0 Å². The molecule has 2 aliphatic rings. The second-order valence-electron chi connectivity index (χ2n) is 8.50. The molecule has 0 spiro atoms. The Hall–Kier alpha value is -0.770. The van der Waals surface area contributed by atoms with Crippen molar-refractivity contribution in [2.75, 3.05) is 0 Å². The molecule has 2 N–H and O–H groups in total. The molecule has 2 aliphatic carbocycles. The van der Waals surface area contributed by atoms with Crippen molar-refractivity contribution in [2.45, 2.75) is 109 Å². The summed E-state index contributed by atoms with van der Waals surface area (Å²) < 4.78 is 5.38. The minimum atomic E-state index is -0.422. The van der Waals surface area contributed by atoms with Gasteiger partial charge in [0, 0.05) is 18.1 Å². The molecule has 2 rings (SSSR count). The topological polar surface area (TPSA) is 50.4 Å². The van der Waals surface area contributed by atoms with Crippen molar-refractivity contribution in [2.24, 2.45) is 5.92 Å². The molecule has 4 nitrogen and oxygen atoms in total. The third kappa shape index (κ3) is 6.70. The summed E-state index contributed by atoms with van der Waals surface area (Å²) in [6, 6.07) is 1.48. The van der Waals surface area contributed by atoms with Gasteiger partial charge in [-0.05, 0) is 78.1 Å². The van der Waals surface area contributed by atoms with Gasteiger partial charge in [0.25, 0.3) is 0 Å². The van der Waals surface area contributed by atoms with Crippen molar-refractivity contribution in [1.82, 2.24) is 10.6 Å². The van der Waals surface area contributed by atoms with E-state index in [1.54, 1.807) is 0 Å². The van der Waals surface area contributed by atoms with Crippen LogP contribution in [0.4, 0.5) is 4.79 Å². The molecule has 0 heterocycles. The zero-order valence-electron chi connectivity index (χ0n) is 15.5. The molecule has 0 aromatic heterocycles. The molecular formula is C19H36N2O2. The summed E-state index contributed by atoms with van der Waals surface area (Å²) in [4.78, 5) is 11.9. The third-order valence-electron chi connectivity index (χ3n) is 5.29. The highest BCUT2D eigenvalue weighted by molar-refractivity contribution is 5.68. The van der Waals surface area contributed by atoms with E-state index in [1.807, 2.05) is 20.8 Å². The molecule has 0 saturated heterocycles. The maximum Gasteiger partial charge on any atom is 0.407 e. The van der Waals surface area contributed by atoms with Gasteiger partial charge in [-0.2, -0.15) is 0 Å². The molecule has 0 bridgehead atoms. The third-order valence-corrected chi connectivity index (χ3v) is 5.29. The van der Waals surface area contributed by atoms with Gasteiger partial charge >= 0.3 is 6.09 Å². The molecule has 2 atom stereocenters. The molecule has 2 saturated carbocycles. The van der Waals surface area contributed by atoms with Crippen molar-refractivity contribution < 1.29 is 9.53 Å². The normalized spacial score (nSPS) is 32.3. The van der Waals surface area contributed by atoms with Crippen LogP contribution in [0.25, 0.3) is 0 Å². The summed E-state index contributed by atoms with van der Waals surface area (Å²) in [7, 11) is 0. The molecule has 23 heavy (non-hydrogen) atoms. The molecule has 0 aromatic rings. The largest absolute Gasteiger partial charge is 0.444 e. The first-order chi connectivity index (χ1) is 10.9. The minimum absolute atomic E-state index is 0.253. The fourth-order valence-corrected chi connectivity index (χ4v) is 4.02. The van der Waals surface area contributed by atoms with Crippen LogP contribution < -0.4 is 10.6 Å². The molecule has 4 heteroatoms. The van der Waals surface area contributed by atoms with Crippen LogP contribution in [0.3, 0.4) is 0 Å². The lowest BCUT2D eigenvalue weighted by Gasteiger charge is -2.36. The molecule has 0 aliphatic heterocycles. The summed E-state index contributed by atoms with van der Waals surface area (Å²) >= 11 is 0. The Morgan fingerprint density at radius 3 is 2.26 bits per heavy atom. The van der Waals surface area contributed by atoms with Crippen LogP contribution in [-0.4, -0.2) is 29.8 Å². The smallest absolute Gasteiger partial charge is 0.407 e. The van der Waals surface area contributed by atoms with E-state index in [-0.39, 0.29) is 12.1 Å². The molecule has 2 unspecified atom stereocenters. The Kier molecular flexibility index (Phi) is 6.75. The lowest BCUT2D eigenvalue weighted by atomic mass is 9.83. The Balaban J connectivity index is 1.72. The zero-order valence-corrected chi connectivity index (χ0v) is 15.5. The van der Waals surface area contributed by atoms with Crippen LogP contribution in [-0.2, 0) is 4.74 Å². The number of amides is 1. The summed E-state index contributed by atoms with van der Waals surface area (Å²) in [5, 5.41) is 6.92. The van der Waals surface area contributed by atoms with Gasteiger partial charge < -0.3 is 15.4 Å². The van der Waals surface area contributed by atoms with Gasteiger partial charge in [-0.3, -0.25) is 0 Å². The molecular weight excluding hydrogens is 288 g/mol. The Labute approximate surface area is 142 Å². The Morgan fingerprint density at radius 1 is 1.00 bits per heavy atom. The van der Waals surface area contributed by atoms with Crippen molar-refractivity contribution >= 4 is 6.09 Å². The van der Waals surface area contributed by atoms with Crippen molar-refractivity contribution in [1.29, 1.82) is 0 Å². The lowest BCUT2D eigenvalue weighted by Crippen LogP contribution is -2.48. The van der Waals surface area contributed by atoms with Crippen molar-refractivity contribution in [3.63, 3.8) is 0 Å². The van der Waals surface area contributed by atoms with Crippen LogP contribution in [0.15, 0.2) is 0 Å². The average Bonchev–Trinajstić information content (AvgIpc) is 2.46. The number of alkyl carbamates (subject to hydrolysis) is 1. The van der Waals surface area contributed by atoms with Gasteiger partial charge in [0.05, 0.1) is 0 Å². The van der Waals surface area contributed by atoms with E-state index in [9.17, 15) is 4.79 Å². The highest BCUT2D eigenvalue weighted by Crippen LogP contribution is 2.28. The van der Waals surface area contributed by atoms with Crippen LogP contribution >= 0.6 is 0 Å². The molecule has 0 aromatic carbocycles. The first-order valence-corrected chi connectivity index (χ1v) is 9.61. The minimum Gasteiger partial charge on any atom is -0.444 e. The molecule has 0 radical (unpaired) electrons. The van der Waals surface area contributed by atoms with E-state index in [0.29, 0.717) is 12.1 Å². The van der Waals surface area contributed by atoms with Gasteiger partial charge in [-0.15, -0.1) is 0 Å². The van der Waals surface area contributed by atoms with Gasteiger partial charge in [0.1, 0.15) is 5.60 Å². The maximum absolute atomic E-state index is 11.9. The van der Waals surface area contributed by atoms with E-state index in [4.69, 9.17) is 4.74 Å². The predicted octanol–water partition coefficient (Wildman–Crippen LogP) is 4.38. The lowest BCUT2D eigenvalue weighted by molar-refractivity contribution is 0.0487. The first kappa shape index (κ1) is 18.6. The van der Waals surface area contributed by atoms with Crippen LogP contribution in [0.1, 0.15) is 85.5 Å². The van der Waals surface area contributed by atoms with Crippen LogP contribution in [0.2, 0.25) is 0 Å². The van der Waals surface area contributed by atoms with Gasteiger partial charge in [0.15, 0.2) is 0 Å². The summed E-state index contributed by atoms with van der Waals surface area (Å²) in [5.41, 5.74) is -0.422.